The molecule has 0 aliphatic carbocycles. The molecule has 0 saturated carbocycles. The fourth-order valence-corrected chi connectivity index (χ4v) is 1.85. The van der Waals surface area contributed by atoms with Gasteiger partial charge in [0.2, 0.25) is 0 Å². The Labute approximate surface area is 89.3 Å². The maximum atomic E-state index is 2.57. The van der Waals surface area contributed by atoms with Crippen molar-refractivity contribution in [2.75, 3.05) is 26.7 Å². The van der Waals surface area contributed by atoms with Gasteiger partial charge in [-0.3, -0.25) is 4.90 Å². The van der Waals surface area contributed by atoms with E-state index in [1.165, 1.54) is 26.1 Å². The lowest BCUT2D eigenvalue weighted by atomic mass is 10.0. The summed E-state index contributed by atoms with van der Waals surface area (Å²) in [5.41, 5.74) is 0. The van der Waals surface area contributed by atoms with E-state index < -0.39 is 0 Å². The zero-order valence-corrected chi connectivity index (χ0v) is 10.5. The SMILES string of the molecule is CC(C)CCN1CC(N(C)C(C)C)C1. The Balaban J connectivity index is 2.11. The number of rotatable bonds is 5. The van der Waals surface area contributed by atoms with E-state index >= 15 is 0 Å². The lowest BCUT2D eigenvalue weighted by Crippen LogP contribution is -2.59. The quantitative estimate of drug-likeness (QED) is 0.667. The largest absolute Gasteiger partial charge is 0.300 e. The second-order valence-corrected chi connectivity index (χ2v) is 5.36. The van der Waals surface area contributed by atoms with Crippen LogP contribution >= 0.6 is 0 Å². The summed E-state index contributed by atoms with van der Waals surface area (Å²) in [4.78, 5) is 5.06. The predicted molar refractivity (Wildman–Crippen MR) is 62.6 cm³/mol. The highest BCUT2D eigenvalue weighted by molar-refractivity contribution is 4.87. The number of likely N-dealkylation sites (N-methyl/N-ethyl adjacent to an activating group) is 1. The Morgan fingerprint density at radius 2 is 1.79 bits per heavy atom. The van der Waals surface area contributed by atoms with Crippen molar-refractivity contribution in [2.24, 2.45) is 5.92 Å². The molecular weight excluding hydrogens is 172 g/mol. The van der Waals surface area contributed by atoms with Crippen LogP contribution in [-0.2, 0) is 0 Å². The molecule has 0 bridgehead atoms. The van der Waals surface area contributed by atoms with Crippen molar-refractivity contribution in [3.63, 3.8) is 0 Å². The first kappa shape index (κ1) is 12.0. The monoisotopic (exact) mass is 198 g/mol. The van der Waals surface area contributed by atoms with Crippen molar-refractivity contribution >= 4 is 0 Å². The minimum atomic E-state index is 0.687. The zero-order chi connectivity index (χ0) is 10.7. The van der Waals surface area contributed by atoms with Gasteiger partial charge in [0, 0.05) is 25.2 Å². The summed E-state index contributed by atoms with van der Waals surface area (Å²) >= 11 is 0. The third-order valence-corrected chi connectivity index (χ3v) is 3.35. The molecule has 1 aliphatic heterocycles. The summed E-state index contributed by atoms with van der Waals surface area (Å²) in [6, 6.07) is 1.49. The molecule has 0 unspecified atom stereocenters. The van der Waals surface area contributed by atoms with Gasteiger partial charge in [0.05, 0.1) is 0 Å². The fourth-order valence-electron chi connectivity index (χ4n) is 1.85. The summed E-state index contributed by atoms with van der Waals surface area (Å²) in [6.07, 6.45) is 1.35. The van der Waals surface area contributed by atoms with E-state index in [2.05, 4.69) is 44.5 Å². The molecule has 1 heterocycles. The van der Waals surface area contributed by atoms with E-state index in [0.29, 0.717) is 6.04 Å². The third-order valence-electron chi connectivity index (χ3n) is 3.35. The molecule has 2 nitrogen and oxygen atoms in total. The van der Waals surface area contributed by atoms with E-state index in [-0.39, 0.29) is 0 Å². The summed E-state index contributed by atoms with van der Waals surface area (Å²) in [7, 11) is 2.25. The van der Waals surface area contributed by atoms with Crippen LogP contribution in [0.1, 0.15) is 34.1 Å². The third kappa shape index (κ3) is 3.25. The van der Waals surface area contributed by atoms with Gasteiger partial charge in [-0.2, -0.15) is 0 Å². The molecule has 1 saturated heterocycles. The molecule has 2 heteroatoms. The van der Waals surface area contributed by atoms with E-state index in [9.17, 15) is 0 Å². The normalized spacial score (nSPS) is 19.7. The minimum absolute atomic E-state index is 0.687. The van der Waals surface area contributed by atoms with Gasteiger partial charge < -0.3 is 4.90 Å². The standard InChI is InChI=1S/C12H26N2/c1-10(2)6-7-14-8-12(9-14)13(5)11(3)4/h10-12H,6-9H2,1-5H3. The molecule has 14 heavy (non-hydrogen) atoms. The highest BCUT2D eigenvalue weighted by atomic mass is 15.3. The maximum absolute atomic E-state index is 2.57. The molecule has 1 fully saturated rings. The van der Waals surface area contributed by atoms with E-state index in [4.69, 9.17) is 0 Å². The molecule has 0 aromatic rings. The number of likely N-dealkylation sites (tertiary alicyclic amines) is 1. The molecule has 84 valence electrons. The lowest BCUT2D eigenvalue weighted by Gasteiger charge is -2.45. The van der Waals surface area contributed by atoms with Crippen molar-refractivity contribution in [3.05, 3.63) is 0 Å². The Hall–Kier alpha value is -0.0800. The second kappa shape index (κ2) is 5.13. The van der Waals surface area contributed by atoms with E-state index in [1.807, 2.05) is 0 Å². The van der Waals surface area contributed by atoms with Gasteiger partial charge in [-0.05, 0) is 39.8 Å². The number of nitrogens with zero attached hydrogens (tertiary/aromatic N) is 2. The summed E-state index contributed by atoms with van der Waals surface area (Å²) in [5, 5.41) is 0. The van der Waals surface area contributed by atoms with Crippen molar-refractivity contribution in [1.82, 2.24) is 9.80 Å². The number of hydrogen-bond acceptors (Lipinski definition) is 2. The first-order valence-corrected chi connectivity index (χ1v) is 5.95. The van der Waals surface area contributed by atoms with E-state index in [1.54, 1.807) is 0 Å². The molecule has 0 N–H and O–H groups in total. The van der Waals surface area contributed by atoms with Crippen LogP contribution in [0.15, 0.2) is 0 Å². The molecule has 0 aromatic heterocycles. The van der Waals surface area contributed by atoms with E-state index in [0.717, 1.165) is 12.0 Å². The average Bonchev–Trinajstić information content (AvgIpc) is 2.00. The number of hydrogen-bond donors (Lipinski definition) is 0. The first-order valence-electron chi connectivity index (χ1n) is 5.95. The molecule has 0 atom stereocenters. The van der Waals surface area contributed by atoms with Gasteiger partial charge >= 0.3 is 0 Å². The van der Waals surface area contributed by atoms with Gasteiger partial charge in [-0.1, -0.05) is 13.8 Å². The fraction of sp³-hybridized carbons (Fsp3) is 1.00. The smallest absolute Gasteiger partial charge is 0.0350 e. The summed E-state index contributed by atoms with van der Waals surface area (Å²) < 4.78 is 0. The van der Waals surface area contributed by atoms with Crippen molar-refractivity contribution in [2.45, 2.75) is 46.2 Å². The summed E-state index contributed by atoms with van der Waals surface area (Å²) in [5.74, 6) is 0.844. The molecule has 1 rings (SSSR count). The molecule has 0 amide bonds. The Morgan fingerprint density at radius 1 is 1.21 bits per heavy atom. The molecule has 0 radical (unpaired) electrons. The molecule has 0 spiro atoms. The van der Waals surface area contributed by atoms with Crippen LogP contribution in [-0.4, -0.2) is 48.6 Å². The van der Waals surface area contributed by atoms with Crippen molar-refractivity contribution < 1.29 is 0 Å². The molecular formula is C12H26N2. The highest BCUT2D eigenvalue weighted by Gasteiger charge is 2.30. The molecule has 0 aromatic carbocycles. The van der Waals surface area contributed by atoms with Gasteiger partial charge in [0.15, 0.2) is 0 Å². The van der Waals surface area contributed by atoms with Gasteiger partial charge in [0.25, 0.3) is 0 Å². The van der Waals surface area contributed by atoms with Crippen LogP contribution in [0, 0.1) is 5.92 Å². The maximum Gasteiger partial charge on any atom is 0.0350 e. The van der Waals surface area contributed by atoms with Gasteiger partial charge in [0.1, 0.15) is 0 Å². The second-order valence-electron chi connectivity index (χ2n) is 5.36. The van der Waals surface area contributed by atoms with Gasteiger partial charge in [-0.15, -0.1) is 0 Å². The Bertz CT molecular complexity index is 160. The lowest BCUT2D eigenvalue weighted by molar-refractivity contribution is 0.0306. The zero-order valence-electron chi connectivity index (χ0n) is 10.5. The highest BCUT2D eigenvalue weighted by Crippen LogP contribution is 2.16. The van der Waals surface area contributed by atoms with Crippen LogP contribution in [0.4, 0.5) is 0 Å². The first-order chi connectivity index (χ1) is 6.50. The van der Waals surface area contributed by atoms with Crippen LogP contribution in [0.25, 0.3) is 0 Å². The van der Waals surface area contributed by atoms with Crippen LogP contribution in [0.3, 0.4) is 0 Å². The topological polar surface area (TPSA) is 6.48 Å². The summed E-state index contributed by atoms with van der Waals surface area (Å²) in [6.45, 7) is 13.0. The average molecular weight is 198 g/mol. The minimum Gasteiger partial charge on any atom is -0.300 e. The van der Waals surface area contributed by atoms with Crippen LogP contribution in [0.2, 0.25) is 0 Å². The molecule has 1 aliphatic rings. The predicted octanol–water partition coefficient (Wildman–Crippen LogP) is 2.06. The van der Waals surface area contributed by atoms with Crippen LogP contribution in [0.5, 0.6) is 0 Å². The van der Waals surface area contributed by atoms with Gasteiger partial charge in [-0.25, -0.2) is 0 Å². The van der Waals surface area contributed by atoms with Crippen LogP contribution < -0.4 is 0 Å². The van der Waals surface area contributed by atoms with Crippen molar-refractivity contribution in [1.29, 1.82) is 0 Å². The Morgan fingerprint density at radius 3 is 2.21 bits per heavy atom. The van der Waals surface area contributed by atoms with Crippen molar-refractivity contribution in [3.8, 4) is 0 Å². The Kier molecular flexibility index (Phi) is 4.39.